The molecular formula is C9H16N4O2. The van der Waals surface area contributed by atoms with Crippen LogP contribution in [-0.2, 0) is 0 Å². The first-order valence-electron chi connectivity index (χ1n) is 4.64. The van der Waals surface area contributed by atoms with Gasteiger partial charge in [-0.3, -0.25) is 9.89 Å². The zero-order valence-corrected chi connectivity index (χ0v) is 9.03. The van der Waals surface area contributed by atoms with Crippen molar-refractivity contribution in [3.63, 3.8) is 0 Å². The Kier molecular flexibility index (Phi) is 2.99. The Morgan fingerprint density at radius 2 is 2.33 bits per heavy atom. The molecule has 0 aliphatic heterocycles. The van der Waals surface area contributed by atoms with Gasteiger partial charge in [-0.05, 0) is 20.8 Å². The average Bonchev–Trinajstić information content (AvgIpc) is 2.50. The van der Waals surface area contributed by atoms with Crippen LogP contribution in [0.15, 0.2) is 6.20 Å². The quantitative estimate of drug-likeness (QED) is 0.560. The summed E-state index contributed by atoms with van der Waals surface area (Å²) in [5.74, 6) is -0.379. The molecule has 0 aliphatic carbocycles. The SMILES string of the molecule is CC(O)C(C)(C)NC(=O)c1[nH]ncc1N. The van der Waals surface area contributed by atoms with Crippen molar-refractivity contribution in [1.82, 2.24) is 15.5 Å². The van der Waals surface area contributed by atoms with E-state index >= 15 is 0 Å². The fourth-order valence-electron chi connectivity index (χ4n) is 0.937. The van der Waals surface area contributed by atoms with Crippen molar-refractivity contribution in [2.45, 2.75) is 32.4 Å². The molecule has 84 valence electrons. The number of aromatic amines is 1. The molecule has 0 radical (unpaired) electrons. The second-order valence-electron chi connectivity index (χ2n) is 4.05. The number of nitrogens with zero attached hydrogens (tertiary/aromatic N) is 1. The number of carbonyl (C=O) groups excluding carboxylic acids is 1. The minimum Gasteiger partial charge on any atom is -0.396 e. The summed E-state index contributed by atoms with van der Waals surface area (Å²) >= 11 is 0. The molecule has 1 heterocycles. The maximum absolute atomic E-state index is 11.7. The van der Waals surface area contributed by atoms with Crippen LogP contribution in [0.1, 0.15) is 31.3 Å². The number of hydrogen-bond donors (Lipinski definition) is 4. The van der Waals surface area contributed by atoms with E-state index in [2.05, 4.69) is 15.5 Å². The topological polar surface area (TPSA) is 104 Å². The van der Waals surface area contributed by atoms with Crippen molar-refractivity contribution in [2.24, 2.45) is 0 Å². The van der Waals surface area contributed by atoms with E-state index < -0.39 is 11.6 Å². The summed E-state index contributed by atoms with van der Waals surface area (Å²) < 4.78 is 0. The number of hydrogen-bond acceptors (Lipinski definition) is 4. The lowest BCUT2D eigenvalue weighted by molar-refractivity contribution is 0.0706. The molecule has 1 rings (SSSR count). The first-order chi connectivity index (χ1) is 6.84. The number of aliphatic hydroxyl groups is 1. The number of aromatic nitrogens is 2. The summed E-state index contributed by atoms with van der Waals surface area (Å²) in [5.41, 5.74) is 5.30. The van der Waals surface area contributed by atoms with Crippen molar-refractivity contribution in [3.8, 4) is 0 Å². The Morgan fingerprint density at radius 3 is 2.73 bits per heavy atom. The fourth-order valence-corrected chi connectivity index (χ4v) is 0.937. The molecule has 6 nitrogen and oxygen atoms in total. The molecule has 1 unspecified atom stereocenters. The van der Waals surface area contributed by atoms with E-state index in [1.807, 2.05) is 0 Å². The van der Waals surface area contributed by atoms with Gasteiger partial charge < -0.3 is 16.2 Å². The van der Waals surface area contributed by atoms with E-state index in [9.17, 15) is 9.90 Å². The zero-order chi connectivity index (χ0) is 11.6. The Hall–Kier alpha value is -1.56. The molecule has 1 aromatic heterocycles. The third-order valence-corrected chi connectivity index (χ3v) is 2.38. The summed E-state index contributed by atoms with van der Waals surface area (Å²) in [7, 11) is 0. The molecular weight excluding hydrogens is 196 g/mol. The molecule has 0 bridgehead atoms. The average molecular weight is 212 g/mol. The van der Waals surface area contributed by atoms with E-state index in [-0.39, 0.29) is 17.3 Å². The van der Waals surface area contributed by atoms with Gasteiger partial charge in [-0.25, -0.2) is 0 Å². The van der Waals surface area contributed by atoms with Crippen LogP contribution in [0.2, 0.25) is 0 Å². The molecule has 0 saturated carbocycles. The highest BCUT2D eigenvalue weighted by Gasteiger charge is 2.27. The summed E-state index contributed by atoms with van der Waals surface area (Å²) in [6, 6.07) is 0. The molecule has 1 atom stereocenters. The van der Waals surface area contributed by atoms with Gasteiger partial charge in [0.25, 0.3) is 5.91 Å². The molecule has 1 aromatic rings. The molecule has 0 fully saturated rings. The van der Waals surface area contributed by atoms with Crippen molar-refractivity contribution in [1.29, 1.82) is 0 Å². The number of carbonyl (C=O) groups is 1. The van der Waals surface area contributed by atoms with Gasteiger partial charge in [-0.2, -0.15) is 5.10 Å². The Morgan fingerprint density at radius 1 is 1.73 bits per heavy atom. The minimum absolute atomic E-state index is 0.212. The van der Waals surface area contributed by atoms with E-state index in [1.54, 1.807) is 20.8 Å². The molecule has 0 aliphatic rings. The fraction of sp³-hybridized carbons (Fsp3) is 0.556. The minimum atomic E-state index is -0.714. The van der Waals surface area contributed by atoms with E-state index in [0.717, 1.165) is 0 Å². The van der Waals surface area contributed by atoms with Crippen LogP contribution < -0.4 is 11.1 Å². The smallest absolute Gasteiger partial charge is 0.271 e. The van der Waals surface area contributed by atoms with Crippen LogP contribution >= 0.6 is 0 Å². The maximum Gasteiger partial charge on any atom is 0.271 e. The van der Waals surface area contributed by atoms with E-state index in [0.29, 0.717) is 0 Å². The number of anilines is 1. The van der Waals surface area contributed by atoms with E-state index in [4.69, 9.17) is 5.73 Å². The number of aliphatic hydroxyl groups excluding tert-OH is 1. The van der Waals surface area contributed by atoms with Crippen molar-refractivity contribution in [3.05, 3.63) is 11.9 Å². The molecule has 6 heteroatoms. The molecule has 1 amide bonds. The summed E-state index contributed by atoms with van der Waals surface area (Å²) in [6.45, 7) is 5.06. The lowest BCUT2D eigenvalue weighted by Crippen LogP contribution is -2.51. The van der Waals surface area contributed by atoms with E-state index in [1.165, 1.54) is 6.20 Å². The molecule has 15 heavy (non-hydrogen) atoms. The van der Waals surface area contributed by atoms with Crippen LogP contribution in [0.3, 0.4) is 0 Å². The third-order valence-electron chi connectivity index (χ3n) is 2.38. The predicted molar refractivity (Wildman–Crippen MR) is 56.2 cm³/mol. The molecule has 0 saturated heterocycles. The Labute approximate surface area is 87.9 Å². The summed E-state index contributed by atoms with van der Waals surface area (Å²) in [4.78, 5) is 11.7. The largest absolute Gasteiger partial charge is 0.396 e. The number of nitrogen functional groups attached to an aromatic ring is 1. The van der Waals surface area contributed by atoms with Crippen LogP contribution in [-0.4, -0.2) is 32.9 Å². The first kappa shape index (κ1) is 11.5. The zero-order valence-electron chi connectivity index (χ0n) is 9.03. The summed E-state index contributed by atoms with van der Waals surface area (Å²) in [5, 5.41) is 18.2. The highest BCUT2D eigenvalue weighted by molar-refractivity contribution is 5.97. The van der Waals surface area contributed by atoms with Crippen LogP contribution in [0.4, 0.5) is 5.69 Å². The number of rotatable bonds is 3. The van der Waals surface area contributed by atoms with Gasteiger partial charge in [0.2, 0.25) is 0 Å². The maximum atomic E-state index is 11.7. The number of nitrogens with two attached hydrogens (primary N) is 1. The van der Waals surface area contributed by atoms with Crippen molar-refractivity contribution >= 4 is 11.6 Å². The van der Waals surface area contributed by atoms with Crippen molar-refractivity contribution < 1.29 is 9.90 Å². The van der Waals surface area contributed by atoms with Gasteiger partial charge >= 0.3 is 0 Å². The van der Waals surface area contributed by atoms with Crippen LogP contribution in [0, 0.1) is 0 Å². The van der Waals surface area contributed by atoms with Gasteiger partial charge in [0.15, 0.2) is 0 Å². The van der Waals surface area contributed by atoms with Crippen LogP contribution in [0.5, 0.6) is 0 Å². The highest BCUT2D eigenvalue weighted by atomic mass is 16.3. The van der Waals surface area contributed by atoms with Gasteiger partial charge in [-0.15, -0.1) is 0 Å². The van der Waals surface area contributed by atoms with Crippen molar-refractivity contribution in [2.75, 3.05) is 5.73 Å². The predicted octanol–water partition coefficient (Wildman–Crippen LogP) is -0.119. The van der Waals surface area contributed by atoms with Crippen LogP contribution in [0.25, 0.3) is 0 Å². The van der Waals surface area contributed by atoms with Gasteiger partial charge in [0.05, 0.1) is 23.5 Å². The Balaban J connectivity index is 2.77. The number of amides is 1. The second kappa shape index (κ2) is 3.90. The molecule has 0 aromatic carbocycles. The lowest BCUT2D eigenvalue weighted by Gasteiger charge is -2.29. The molecule has 5 N–H and O–H groups in total. The Bertz CT molecular complexity index is 357. The second-order valence-corrected chi connectivity index (χ2v) is 4.05. The standard InChI is InChI=1S/C9H16N4O2/c1-5(14)9(2,3)12-8(15)7-6(10)4-11-13-7/h4-5,14H,10H2,1-3H3,(H,11,13)(H,12,15). The third kappa shape index (κ3) is 2.47. The van der Waals surface area contributed by atoms with Gasteiger partial charge in [-0.1, -0.05) is 0 Å². The van der Waals surface area contributed by atoms with Gasteiger partial charge in [0, 0.05) is 0 Å². The number of nitrogens with one attached hydrogen (secondary N) is 2. The lowest BCUT2D eigenvalue weighted by atomic mass is 9.98. The number of H-pyrrole nitrogens is 1. The normalized spacial score (nSPS) is 13.6. The first-order valence-corrected chi connectivity index (χ1v) is 4.64. The van der Waals surface area contributed by atoms with Gasteiger partial charge in [0.1, 0.15) is 5.69 Å². The highest BCUT2D eigenvalue weighted by Crippen LogP contribution is 2.12. The molecule has 0 spiro atoms. The summed E-state index contributed by atoms with van der Waals surface area (Å²) in [6.07, 6.45) is 0.704. The monoisotopic (exact) mass is 212 g/mol.